The Morgan fingerprint density at radius 2 is 1.68 bits per heavy atom. The summed E-state index contributed by atoms with van der Waals surface area (Å²) in [4.78, 5) is 19.9. The minimum Gasteiger partial charge on any atom is -0.339 e. The molecule has 0 unspecified atom stereocenters. The van der Waals surface area contributed by atoms with Crippen LogP contribution in [0.1, 0.15) is 23.2 Å². The van der Waals surface area contributed by atoms with Crippen LogP contribution in [-0.2, 0) is 0 Å². The van der Waals surface area contributed by atoms with Gasteiger partial charge in [-0.15, -0.1) is 0 Å². The van der Waals surface area contributed by atoms with E-state index in [1.807, 2.05) is 76.4 Å². The highest BCUT2D eigenvalue weighted by molar-refractivity contribution is 6.07. The molecule has 5 rings (SSSR count). The average Bonchev–Trinajstić information content (AvgIpc) is 3.45. The van der Waals surface area contributed by atoms with Crippen molar-refractivity contribution < 1.29 is 4.79 Å². The van der Waals surface area contributed by atoms with Gasteiger partial charge in [0.25, 0.3) is 5.91 Å². The molecule has 0 N–H and O–H groups in total. The number of hydrogen-bond donors (Lipinski definition) is 0. The molecule has 0 aliphatic carbocycles. The molecule has 3 heterocycles. The lowest BCUT2D eigenvalue weighted by Gasteiger charge is -2.17. The summed E-state index contributed by atoms with van der Waals surface area (Å²) < 4.78 is 1.83. The molecule has 5 heteroatoms. The second-order valence-electron chi connectivity index (χ2n) is 7.08. The van der Waals surface area contributed by atoms with Gasteiger partial charge in [-0.1, -0.05) is 36.4 Å². The largest absolute Gasteiger partial charge is 0.339 e. The number of para-hydroxylation sites is 2. The van der Waals surface area contributed by atoms with Crippen molar-refractivity contribution >= 4 is 16.8 Å². The van der Waals surface area contributed by atoms with E-state index in [0.717, 1.165) is 59.3 Å². The number of hydrogen-bond acceptors (Lipinski definition) is 3. The molecular weight excluding hydrogens is 348 g/mol. The molecule has 1 saturated heterocycles. The number of aromatic nitrogens is 3. The van der Waals surface area contributed by atoms with Gasteiger partial charge in [0, 0.05) is 30.2 Å². The van der Waals surface area contributed by atoms with E-state index in [1.165, 1.54) is 0 Å². The Morgan fingerprint density at radius 3 is 2.50 bits per heavy atom. The van der Waals surface area contributed by atoms with Crippen molar-refractivity contribution in [2.75, 3.05) is 13.1 Å². The smallest absolute Gasteiger partial charge is 0.254 e. The number of nitrogens with zero attached hydrogens (tertiary/aromatic N) is 4. The Bertz CT molecular complexity index is 1140. The van der Waals surface area contributed by atoms with Crippen molar-refractivity contribution in [2.45, 2.75) is 12.8 Å². The predicted octanol–water partition coefficient (Wildman–Crippen LogP) is 4.32. The summed E-state index contributed by atoms with van der Waals surface area (Å²) >= 11 is 0. The Kier molecular flexibility index (Phi) is 4.13. The zero-order chi connectivity index (χ0) is 18.9. The first-order valence-corrected chi connectivity index (χ1v) is 9.59. The fourth-order valence-electron chi connectivity index (χ4n) is 3.77. The number of pyridine rings is 1. The third-order valence-corrected chi connectivity index (χ3v) is 5.24. The summed E-state index contributed by atoms with van der Waals surface area (Å²) in [5, 5.41) is 5.38. The number of benzene rings is 2. The normalized spacial score (nSPS) is 13.9. The van der Waals surface area contributed by atoms with Crippen LogP contribution in [0.15, 0.2) is 73.1 Å². The van der Waals surface area contributed by atoms with Gasteiger partial charge in [-0.2, -0.15) is 5.10 Å². The molecule has 0 bridgehead atoms. The van der Waals surface area contributed by atoms with Gasteiger partial charge in [0.2, 0.25) is 0 Å². The van der Waals surface area contributed by atoms with E-state index in [1.54, 1.807) is 6.20 Å². The van der Waals surface area contributed by atoms with Gasteiger partial charge in [-0.3, -0.25) is 4.79 Å². The minimum atomic E-state index is 0.0906. The van der Waals surface area contributed by atoms with Gasteiger partial charge in [-0.05, 0) is 37.1 Å². The maximum Gasteiger partial charge on any atom is 0.254 e. The maximum atomic E-state index is 13.1. The number of likely N-dealkylation sites (tertiary alicyclic amines) is 1. The predicted molar refractivity (Wildman–Crippen MR) is 109 cm³/mol. The van der Waals surface area contributed by atoms with Crippen molar-refractivity contribution in [3.05, 3.63) is 78.6 Å². The van der Waals surface area contributed by atoms with Crippen LogP contribution in [0, 0.1) is 0 Å². The molecule has 4 aromatic rings. The summed E-state index contributed by atoms with van der Waals surface area (Å²) in [6.07, 6.45) is 5.90. The average molecular weight is 368 g/mol. The lowest BCUT2D eigenvalue weighted by Crippen LogP contribution is -2.27. The number of fused-ring (bicyclic) bond motifs is 1. The minimum absolute atomic E-state index is 0.0906. The summed E-state index contributed by atoms with van der Waals surface area (Å²) in [6, 6.07) is 19.7. The molecule has 2 aromatic heterocycles. The summed E-state index contributed by atoms with van der Waals surface area (Å²) in [7, 11) is 0. The van der Waals surface area contributed by atoms with Crippen LogP contribution in [0.25, 0.3) is 27.8 Å². The van der Waals surface area contributed by atoms with E-state index in [4.69, 9.17) is 4.98 Å². The quantitative estimate of drug-likeness (QED) is 0.541. The summed E-state index contributed by atoms with van der Waals surface area (Å²) in [5.74, 6) is 0.0906. The van der Waals surface area contributed by atoms with Gasteiger partial charge in [0.05, 0.1) is 28.7 Å². The third-order valence-electron chi connectivity index (χ3n) is 5.24. The Balaban J connectivity index is 1.61. The van der Waals surface area contributed by atoms with Gasteiger partial charge in [-0.25, -0.2) is 9.67 Å². The van der Waals surface area contributed by atoms with Crippen molar-refractivity contribution in [1.29, 1.82) is 0 Å². The fraction of sp³-hybridized carbons (Fsp3) is 0.174. The van der Waals surface area contributed by atoms with Crippen molar-refractivity contribution in [3.63, 3.8) is 0 Å². The molecule has 28 heavy (non-hydrogen) atoms. The SMILES string of the molecule is O=C(c1cc(-c2cnn(-c3ccccc3)c2)nc2ccccc12)N1CCCC1. The zero-order valence-electron chi connectivity index (χ0n) is 15.5. The lowest BCUT2D eigenvalue weighted by molar-refractivity contribution is 0.0794. The summed E-state index contributed by atoms with van der Waals surface area (Å²) in [6.45, 7) is 1.66. The van der Waals surface area contributed by atoms with E-state index in [0.29, 0.717) is 0 Å². The topological polar surface area (TPSA) is 51.0 Å². The van der Waals surface area contributed by atoms with Gasteiger partial charge in [0.15, 0.2) is 0 Å². The molecule has 1 aliphatic rings. The van der Waals surface area contributed by atoms with E-state index < -0.39 is 0 Å². The van der Waals surface area contributed by atoms with E-state index in [-0.39, 0.29) is 5.91 Å². The van der Waals surface area contributed by atoms with Gasteiger partial charge < -0.3 is 4.90 Å². The molecule has 1 amide bonds. The van der Waals surface area contributed by atoms with Crippen LogP contribution in [0.5, 0.6) is 0 Å². The second kappa shape index (κ2) is 6.93. The van der Waals surface area contributed by atoms with Crippen molar-refractivity contribution in [2.24, 2.45) is 0 Å². The highest BCUT2D eigenvalue weighted by Crippen LogP contribution is 2.27. The summed E-state index contributed by atoms with van der Waals surface area (Å²) in [5.41, 5.74) is 4.20. The van der Waals surface area contributed by atoms with Crippen molar-refractivity contribution in [3.8, 4) is 16.9 Å². The number of rotatable bonds is 3. The molecule has 1 fully saturated rings. The first kappa shape index (κ1) is 16.7. The molecular formula is C23H20N4O. The van der Waals surface area contributed by atoms with E-state index in [9.17, 15) is 4.79 Å². The Hall–Kier alpha value is -3.47. The molecule has 0 atom stereocenters. The number of amides is 1. The van der Waals surface area contributed by atoms with Crippen LogP contribution < -0.4 is 0 Å². The molecule has 1 aliphatic heterocycles. The Morgan fingerprint density at radius 1 is 0.929 bits per heavy atom. The van der Waals surface area contributed by atoms with E-state index in [2.05, 4.69) is 5.10 Å². The standard InChI is InChI=1S/C23H20N4O/c28-23(26-12-6-7-13-26)20-14-22(25-21-11-5-4-10-19(20)21)17-15-24-27(16-17)18-8-2-1-3-9-18/h1-5,8-11,14-16H,6-7,12-13H2. The molecule has 5 nitrogen and oxygen atoms in total. The second-order valence-corrected chi connectivity index (χ2v) is 7.08. The van der Waals surface area contributed by atoms with Crippen molar-refractivity contribution in [1.82, 2.24) is 19.7 Å². The molecule has 0 spiro atoms. The number of carbonyl (C=O) groups is 1. The zero-order valence-corrected chi connectivity index (χ0v) is 15.5. The first-order valence-electron chi connectivity index (χ1n) is 9.59. The highest BCUT2D eigenvalue weighted by Gasteiger charge is 2.22. The molecule has 0 radical (unpaired) electrons. The molecule has 0 saturated carbocycles. The van der Waals surface area contributed by atoms with Gasteiger partial charge >= 0.3 is 0 Å². The molecule has 2 aromatic carbocycles. The van der Waals surface area contributed by atoms with Crippen LogP contribution in [-0.4, -0.2) is 38.7 Å². The lowest BCUT2D eigenvalue weighted by atomic mass is 10.0. The molecule has 138 valence electrons. The monoisotopic (exact) mass is 368 g/mol. The van der Waals surface area contributed by atoms with Gasteiger partial charge in [0.1, 0.15) is 0 Å². The van der Waals surface area contributed by atoms with Crippen LogP contribution in [0.3, 0.4) is 0 Å². The van der Waals surface area contributed by atoms with Crippen LogP contribution in [0.2, 0.25) is 0 Å². The first-order chi connectivity index (χ1) is 13.8. The fourth-order valence-corrected chi connectivity index (χ4v) is 3.77. The Labute approximate surface area is 163 Å². The maximum absolute atomic E-state index is 13.1. The number of carbonyl (C=O) groups excluding carboxylic acids is 1. The van der Waals surface area contributed by atoms with E-state index >= 15 is 0 Å². The third kappa shape index (κ3) is 2.95. The highest BCUT2D eigenvalue weighted by atomic mass is 16.2. The van der Waals surface area contributed by atoms with Crippen LogP contribution in [0.4, 0.5) is 0 Å². The van der Waals surface area contributed by atoms with Crippen LogP contribution >= 0.6 is 0 Å².